The molecule has 4 aromatic rings. The minimum Gasteiger partial charge on any atom is -0.459 e. The van der Waals surface area contributed by atoms with Crippen LogP contribution in [0.5, 0.6) is 0 Å². The lowest BCUT2D eigenvalue weighted by Gasteiger charge is -2.05. The number of aromatic nitrogens is 1. The Morgan fingerprint density at radius 3 is 2.70 bits per heavy atom. The van der Waals surface area contributed by atoms with E-state index in [9.17, 15) is 4.79 Å². The number of nitrogens with zero attached hydrogens (tertiary/aromatic N) is 2. The van der Waals surface area contributed by atoms with Crippen LogP contribution in [-0.2, 0) is 6.54 Å². The van der Waals surface area contributed by atoms with Crippen molar-refractivity contribution in [3.63, 3.8) is 0 Å². The van der Waals surface area contributed by atoms with E-state index in [1.54, 1.807) is 18.3 Å². The first kappa shape index (κ1) is 17.1. The Labute approximate surface area is 160 Å². The van der Waals surface area contributed by atoms with Gasteiger partial charge in [-0.3, -0.25) is 4.79 Å². The molecule has 0 fully saturated rings. The van der Waals surface area contributed by atoms with Gasteiger partial charge in [-0.05, 0) is 35.9 Å². The highest BCUT2D eigenvalue weighted by molar-refractivity contribution is 6.30. The highest BCUT2D eigenvalue weighted by Gasteiger charge is 2.09. The quantitative estimate of drug-likeness (QED) is 0.405. The molecule has 2 aromatic heterocycles. The summed E-state index contributed by atoms with van der Waals surface area (Å²) in [6.07, 6.45) is 5.10. The molecule has 0 aliphatic heterocycles. The first-order valence-corrected chi connectivity index (χ1v) is 8.78. The smallest absolute Gasteiger partial charge is 0.307 e. The lowest BCUT2D eigenvalue weighted by molar-refractivity contribution is 0.0927. The van der Waals surface area contributed by atoms with Gasteiger partial charge >= 0.3 is 5.91 Å². The number of furan rings is 1. The number of nitrogens with one attached hydrogen (secondary N) is 1. The van der Waals surface area contributed by atoms with Crippen LogP contribution >= 0.6 is 11.6 Å². The van der Waals surface area contributed by atoms with E-state index >= 15 is 0 Å². The molecular formula is C21H16ClN3O2. The molecule has 0 radical (unpaired) electrons. The van der Waals surface area contributed by atoms with Crippen molar-refractivity contribution in [2.45, 2.75) is 6.54 Å². The molecule has 0 atom stereocenters. The number of hydrazone groups is 1. The molecular weight excluding hydrogens is 362 g/mol. The van der Waals surface area contributed by atoms with Crippen molar-refractivity contribution in [3.8, 4) is 0 Å². The van der Waals surface area contributed by atoms with Crippen LogP contribution in [0.3, 0.4) is 0 Å². The second-order valence-corrected chi connectivity index (χ2v) is 6.47. The summed E-state index contributed by atoms with van der Waals surface area (Å²) in [4.78, 5) is 11.9. The number of rotatable bonds is 5. The number of halogens is 1. The predicted octanol–water partition coefficient (Wildman–Crippen LogP) is 4.70. The number of hydrogen-bond donors (Lipinski definition) is 1. The van der Waals surface area contributed by atoms with Crippen molar-refractivity contribution >= 4 is 34.6 Å². The van der Waals surface area contributed by atoms with E-state index in [4.69, 9.17) is 16.0 Å². The van der Waals surface area contributed by atoms with Gasteiger partial charge in [-0.1, -0.05) is 41.9 Å². The molecule has 1 amide bonds. The van der Waals surface area contributed by atoms with E-state index in [1.807, 2.05) is 48.7 Å². The van der Waals surface area contributed by atoms with Crippen molar-refractivity contribution in [2.24, 2.45) is 5.10 Å². The van der Waals surface area contributed by atoms with Crippen molar-refractivity contribution < 1.29 is 9.21 Å². The molecule has 2 aromatic carbocycles. The van der Waals surface area contributed by atoms with Crippen molar-refractivity contribution in [1.29, 1.82) is 0 Å². The summed E-state index contributed by atoms with van der Waals surface area (Å²) in [6.45, 7) is 0.713. The molecule has 0 aliphatic rings. The molecule has 4 rings (SSSR count). The topological polar surface area (TPSA) is 59.5 Å². The Hall–Kier alpha value is -3.31. The molecule has 0 bridgehead atoms. The number of hydrogen-bond acceptors (Lipinski definition) is 3. The van der Waals surface area contributed by atoms with E-state index < -0.39 is 0 Å². The SMILES string of the molecule is O=C(N/N=C/c1cn(Cc2ccc(Cl)cc2)c2ccccc12)c1ccco1. The van der Waals surface area contributed by atoms with Crippen molar-refractivity contribution in [1.82, 2.24) is 9.99 Å². The van der Waals surface area contributed by atoms with Crippen LogP contribution in [0.1, 0.15) is 21.7 Å². The van der Waals surface area contributed by atoms with Gasteiger partial charge in [0.2, 0.25) is 0 Å². The van der Waals surface area contributed by atoms with Crippen molar-refractivity contribution in [2.75, 3.05) is 0 Å². The average molecular weight is 378 g/mol. The third kappa shape index (κ3) is 3.78. The molecule has 5 nitrogen and oxygen atoms in total. The maximum absolute atomic E-state index is 11.9. The van der Waals surface area contributed by atoms with E-state index in [2.05, 4.69) is 21.2 Å². The van der Waals surface area contributed by atoms with E-state index in [1.165, 1.54) is 6.26 Å². The molecule has 0 unspecified atom stereocenters. The summed E-state index contributed by atoms with van der Waals surface area (Å²) >= 11 is 5.97. The lowest BCUT2D eigenvalue weighted by Crippen LogP contribution is -2.16. The Kier molecular flexibility index (Phi) is 4.77. The first-order valence-electron chi connectivity index (χ1n) is 8.40. The summed E-state index contributed by atoms with van der Waals surface area (Å²) in [5.41, 5.74) is 5.63. The Bertz CT molecular complexity index is 1100. The summed E-state index contributed by atoms with van der Waals surface area (Å²) < 4.78 is 7.19. The third-order valence-corrected chi connectivity index (χ3v) is 4.45. The average Bonchev–Trinajstić information content (AvgIpc) is 3.33. The van der Waals surface area contributed by atoms with Gasteiger partial charge in [0.15, 0.2) is 5.76 Å². The van der Waals surface area contributed by atoms with Gasteiger partial charge in [0.1, 0.15) is 0 Å². The standard InChI is InChI=1S/C21H16ClN3O2/c22-17-9-7-15(8-10-17)13-25-14-16(18-4-1-2-5-19(18)25)12-23-24-21(26)20-6-3-11-27-20/h1-12,14H,13H2,(H,24,26)/b23-12+. The van der Waals surface area contributed by atoms with Gasteiger partial charge in [-0.2, -0.15) is 5.10 Å². The van der Waals surface area contributed by atoms with Gasteiger partial charge in [0, 0.05) is 34.2 Å². The van der Waals surface area contributed by atoms with Crippen LogP contribution < -0.4 is 5.43 Å². The predicted molar refractivity (Wildman–Crippen MR) is 106 cm³/mol. The zero-order chi connectivity index (χ0) is 18.6. The van der Waals surface area contributed by atoms with Gasteiger partial charge in [0.25, 0.3) is 0 Å². The normalized spacial score (nSPS) is 11.3. The second-order valence-electron chi connectivity index (χ2n) is 6.03. The fourth-order valence-electron chi connectivity index (χ4n) is 2.92. The first-order chi connectivity index (χ1) is 13.2. The molecule has 0 saturated carbocycles. The van der Waals surface area contributed by atoms with Gasteiger partial charge in [-0.15, -0.1) is 0 Å². The maximum atomic E-state index is 11.9. The number of carbonyl (C=O) groups is 1. The van der Waals surface area contributed by atoms with Crippen LogP contribution in [0.2, 0.25) is 5.02 Å². The Morgan fingerprint density at radius 2 is 1.93 bits per heavy atom. The minimum atomic E-state index is -0.388. The van der Waals surface area contributed by atoms with Gasteiger partial charge in [0.05, 0.1) is 12.5 Å². The maximum Gasteiger partial charge on any atom is 0.307 e. The third-order valence-electron chi connectivity index (χ3n) is 4.20. The van der Waals surface area contributed by atoms with E-state index in [-0.39, 0.29) is 11.7 Å². The Balaban J connectivity index is 1.58. The number of carbonyl (C=O) groups excluding carboxylic acids is 1. The van der Waals surface area contributed by atoms with E-state index in [0.717, 1.165) is 27.1 Å². The monoisotopic (exact) mass is 377 g/mol. The molecule has 2 heterocycles. The molecule has 0 aliphatic carbocycles. The molecule has 0 spiro atoms. The van der Waals surface area contributed by atoms with Crippen LogP contribution in [0.25, 0.3) is 10.9 Å². The summed E-state index contributed by atoms with van der Waals surface area (Å²) in [7, 11) is 0. The Morgan fingerprint density at radius 1 is 1.11 bits per heavy atom. The fourth-order valence-corrected chi connectivity index (χ4v) is 3.04. The fraction of sp³-hybridized carbons (Fsp3) is 0.0476. The molecule has 6 heteroatoms. The van der Waals surface area contributed by atoms with Crippen LogP contribution in [0.15, 0.2) is 82.6 Å². The highest BCUT2D eigenvalue weighted by atomic mass is 35.5. The number of para-hydroxylation sites is 1. The molecule has 1 N–H and O–H groups in total. The zero-order valence-corrected chi connectivity index (χ0v) is 15.1. The zero-order valence-electron chi connectivity index (χ0n) is 14.3. The molecule has 0 saturated heterocycles. The van der Waals surface area contributed by atoms with E-state index in [0.29, 0.717) is 6.54 Å². The number of benzene rings is 2. The summed E-state index contributed by atoms with van der Waals surface area (Å²) in [5.74, 6) is -0.168. The molecule has 27 heavy (non-hydrogen) atoms. The largest absolute Gasteiger partial charge is 0.459 e. The molecule has 134 valence electrons. The highest BCUT2D eigenvalue weighted by Crippen LogP contribution is 2.21. The van der Waals surface area contributed by atoms with Gasteiger partial charge < -0.3 is 8.98 Å². The lowest BCUT2D eigenvalue weighted by atomic mass is 10.2. The summed E-state index contributed by atoms with van der Waals surface area (Å²) in [6, 6.07) is 19.1. The summed E-state index contributed by atoms with van der Waals surface area (Å²) in [5, 5.41) is 5.84. The van der Waals surface area contributed by atoms with Crippen LogP contribution in [0.4, 0.5) is 0 Å². The van der Waals surface area contributed by atoms with Crippen LogP contribution in [-0.4, -0.2) is 16.7 Å². The van der Waals surface area contributed by atoms with Crippen LogP contribution in [0, 0.1) is 0 Å². The second kappa shape index (κ2) is 7.51. The number of fused-ring (bicyclic) bond motifs is 1. The van der Waals surface area contributed by atoms with Gasteiger partial charge in [-0.25, -0.2) is 5.43 Å². The van der Waals surface area contributed by atoms with Crippen molar-refractivity contribution in [3.05, 3.63) is 95.0 Å². The minimum absolute atomic E-state index is 0.220. The number of amides is 1.